The predicted molar refractivity (Wildman–Crippen MR) is 68.7 cm³/mol. The molecule has 1 fully saturated rings. The van der Waals surface area contributed by atoms with Crippen molar-refractivity contribution < 1.29 is 9.90 Å². The number of carbonyl (C=O) groups excluding carboxylic acids is 1. The van der Waals surface area contributed by atoms with Gasteiger partial charge in [0.05, 0.1) is 17.1 Å². The third-order valence-corrected chi connectivity index (χ3v) is 3.93. The van der Waals surface area contributed by atoms with Crippen molar-refractivity contribution in [2.45, 2.75) is 58.6 Å². The second-order valence-electron chi connectivity index (χ2n) is 5.81. The Labute approximate surface area is 104 Å². The molecule has 0 saturated carbocycles. The van der Waals surface area contributed by atoms with Gasteiger partial charge >= 0.3 is 0 Å². The van der Waals surface area contributed by atoms with Gasteiger partial charge in [-0.2, -0.15) is 0 Å². The summed E-state index contributed by atoms with van der Waals surface area (Å²) in [6.45, 7) is 9.19. The zero-order valence-corrected chi connectivity index (χ0v) is 11.5. The van der Waals surface area contributed by atoms with E-state index in [-0.39, 0.29) is 11.3 Å². The number of aliphatic hydroxyl groups is 1. The largest absolute Gasteiger partial charge is 0.391 e. The summed E-state index contributed by atoms with van der Waals surface area (Å²) in [7, 11) is 0. The second kappa shape index (κ2) is 5.36. The van der Waals surface area contributed by atoms with Gasteiger partial charge in [-0.3, -0.25) is 4.79 Å². The van der Waals surface area contributed by atoms with Crippen LogP contribution in [0.15, 0.2) is 0 Å². The van der Waals surface area contributed by atoms with Crippen LogP contribution in [0.25, 0.3) is 0 Å². The van der Waals surface area contributed by atoms with E-state index in [1.165, 1.54) is 0 Å². The van der Waals surface area contributed by atoms with Crippen molar-refractivity contribution in [3.63, 3.8) is 0 Å². The van der Waals surface area contributed by atoms with Gasteiger partial charge in [-0.1, -0.05) is 13.3 Å². The van der Waals surface area contributed by atoms with Gasteiger partial charge in [-0.15, -0.1) is 0 Å². The Bertz CT molecular complexity index is 269. The molecule has 0 aromatic heterocycles. The fourth-order valence-corrected chi connectivity index (χ4v) is 2.27. The highest BCUT2D eigenvalue weighted by atomic mass is 16.3. The second-order valence-corrected chi connectivity index (χ2v) is 5.81. The lowest BCUT2D eigenvalue weighted by Crippen LogP contribution is -2.56. The van der Waals surface area contributed by atoms with Gasteiger partial charge in [-0.05, 0) is 40.2 Å². The number of amides is 1. The van der Waals surface area contributed by atoms with Crippen LogP contribution < -0.4 is 10.6 Å². The normalized spacial score (nSPS) is 26.9. The highest BCUT2D eigenvalue weighted by molar-refractivity contribution is 5.84. The fourth-order valence-electron chi connectivity index (χ4n) is 2.27. The molecule has 100 valence electrons. The Morgan fingerprint density at radius 1 is 1.59 bits per heavy atom. The standard InChI is InChI=1S/C13H26N2O2/c1-5-6-13(7-8-14-9-13)11(17)15-12(3,4)10(2)16/h10,14,16H,5-9H2,1-4H3,(H,15,17). The Morgan fingerprint density at radius 3 is 2.65 bits per heavy atom. The first-order valence-electron chi connectivity index (χ1n) is 6.55. The first-order valence-corrected chi connectivity index (χ1v) is 6.55. The average Bonchev–Trinajstić information content (AvgIpc) is 2.67. The zero-order valence-electron chi connectivity index (χ0n) is 11.5. The molecule has 0 aromatic carbocycles. The van der Waals surface area contributed by atoms with Crippen molar-refractivity contribution in [1.82, 2.24) is 10.6 Å². The first-order chi connectivity index (χ1) is 7.84. The Balaban J connectivity index is 2.73. The molecule has 1 amide bonds. The summed E-state index contributed by atoms with van der Waals surface area (Å²) in [6, 6.07) is 0. The average molecular weight is 242 g/mol. The minimum atomic E-state index is -0.569. The topological polar surface area (TPSA) is 61.4 Å². The Kier molecular flexibility index (Phi) is 4.55. The SMILES string of the molecule is CCCC1(C(=O)NC(C)(C)C(C)O)CCNC1. The first kappa shape index (κ1) is 14.5. The van der Waals surface area contributed by atoms with Gasteiger partial charge in [0.15, 0.2) is 0 Å². The summed E-state index contributed by atoms with van der Waals surface area (Å²) in [6.07, 6.45) is 2.24. The minimum absolute atomic E-state index is 0.0789. The summed E-state index contributed by atoms with van der Waals surface area (Å²) < 4.78 is 0. The number of rotatable bonds is 5. The molecule has 3 N–H and O–H groups in total. The van der Waals surface area contributed by atoms with Crippen molar-refractivity contribution in [2.24, 2.45) is 5.41 Å². The van der Waals surface area contributed by atoms with Gasteiger partial charge in [0, 0.05) is 6.54 Å². The van der Waals surface area contributed by atoms with E-state index in [9.17, 15) is 9.90 Å². The van der Waals surface area contributed by atoms with E-state index < -0.39 is 11.6 Å². The molecule has 1 aliphatic rings. The third-order valence-electron chi connectivity index (χ3n) is 3.93. The number of hydrogen-bond acceptors (Lipinski definition) is 3. The van der Waals surface area contributed by atoms with Crippen LogP contribution in [0, 0.1) is 5.41 Å². The molecule has 1 aliphatic heterocycles. The van der Waals surface area contributed by atoms with Crippen LogP contribution in [-0.4, -0.2) is 35.7 Å². The van der Waals surface area contributed by atoms with Gasteiger partial charge in [0.1, 0.15) is 0 Å². The maximum absolute atomic E-state index is 12.4. The monoisotopic (exact) mass is 242 g/mol. The fraction of sp³-hybridized carbons (Fsp3) is 0.923. The maximum Gasteiger partial charge on any atom is 0.228 e. The molecular formula is C13H26N2O2. The van der Waals surface area contributed by atoms with Gasteiger partial charge in [0.25, 0.3) is 0 Å². The minimum Gasteiger partial charge on any atom is -0.391 e. The molecule has 4 nitrogen and oxygen atoms in total. The lowest BCUT2D eigenvalue weighted by molar-refractivity contribution is -0.133. The predicted octanol–water partition coefficient (Wildman–Crippen LogP) is 1.04. The molecule has 0 radical (unpaired) electrons. The smallest absolute Gasteiger partial charge is 0.228 e. The number of carbonyl (C=O) groups is 1. The van der Waals surface area contributed by atoms with E-state index in [0.29, 0.717) is 0 Å². The summed E-state index contributed by atoms with van der Waals surface area (Å²) in [4.78, 5) is 12.4. The van der Waals surface area contributed by atoms with E-state index in [2.05, 4.69) is 17.6 Å². The van der Waals surface area contributed by atoms with E-state index in [1.807, 2.05) is 13.8 Å². The molecule has 0 bridgehead atoms. The molecule has 17 heavy (non-hydrogen) atoms. The summed E-state index contributed by atoms with van der Waals surface area (Å²) in [5.41, 5.74) is -0.846. The number of nitrogens with one attached hydrogen (secondary N) is 2. The Hall–Kier alpha value is -0.610. The van der Waals surface area contributed by atoms with Crippen molar-refractivity contribution >= 4 is 5.91 Å². The van der Waals surface area contributed by atoms with Crippen LogP contribution in [0.2, 0.25) is 0 Å². The molecule has 1 saturated heterocycles. The van der Waals surface area contributed by atoms with Crippen LogP contribution in [0.4, 0.5) is 0 Å². The van der Waals surface area contributed by atoms with Crippen LogP contribution >= 0.6 is 0 Å². The molecule has 0 aliphatic carbocycles. The highest BCUT2D eigenvalue weighted by Gasteiger charge is 2.42. The molecule has 1 heterocycles. The van der Waals surface area contributed by atoms with Gasteiger partial charge in [0.2, 0.25) is 5.91 Å². The molecule has 2 unspecified atom stereocenters. The van der Waals surface area contributed by atoms with E-state index >= 15 is 0 Å². The van der Waals surface area contributed by atoms with Crippen molar-refractivity contribution in [3.8, 4) is 0 Å². The highest BCUT2D eigenvalue weighted by Crippen LogP contribution is 2.32. The summed E-state index contributed by atoms with van der Waals surface area (Å²) in [5, 5.41) is 15.9. The molecule has 4 heteroatoms. The Morgan fingerprint density at radius 2 is 2.24 bits per heavy atom. The van der Waals surface area contributed by atoms with Gasteiger partial charge < -0.3 is 15.7 Å². The quantitative estimate of drug-likeness (QED) is 0.675. The lowest BCUT2D eigenvalue weighted by atomic mass is 9.80. The van der Waals surface area contributed by atoms with E-state index in [4.69, 9.17) is 0 Å². The molecule has 0 aromatic rings. The van der Waals surface area contributed by atoms with Crippen LogP contribution in [0.1, 0.15) is 47.0 Å². The number of hydrogen-bond donors (Lipinski definition) is 3. The summed E-state index contributed by atoms with van der Waals surface area (Å²) >= 11 is 0. The molecule has 1 rings (SSSR count). The van der Waals surface area contributed by atoms with E-state index in [1.54, 1.807) is 6.92 Å². The van der Waals surface area contributed by atoms with Crippen molar-refractivity contribution in [3.05, 3.63) is 0 Å². The third kappa shape index (κ3) is 3.19. The van der Waals surface area contributed by atoms with Crippen molar-refractivity contribution in [2.75, 3.05) is 13.1 Å². The van der Waals surface area contributed by atoms with E-state index in [0.717, 1.165) is 32.4 Å². The van der Waals surface area contributed by atoms with Crippen LogP contribution in [0.5, 0.6) is 0 Å². The summed E-state index contributed by atoms with van der Waals surface area (Å²) in [5.74, 6) is 0.0789. The number of aliphatic hydroxyl groups excluding tert-OH is 1. The zero-order chi connectivity index (χ0) is 13.1. The maximum atomic E-state index is 12.4. The van der Waals surface area contributed by atoms with Gasteiger partial charge in [-0.25, -0.2) is 0 Å². The lowest BCUT2D eigenvalue weighted by Gasteiger charge is -2.35. The molecular weight excluding hydrogens is 216 g/mol. The van der Waals surface area contributed by atoms with Crippen LogP contribution in [0.3, 0.4) is 0 Å². The molecule has 2 atom stereocenters. The van der Waals surface area contributed by atoms with Crippen molar-refractivity contribution in [1.29, 1.82) is 0 Å². The molecule has 0 spiro atoms. The van der Waals surface area contributed by atoms with Crippen LogP contribution in [-0.2, 0) is 4.79 Å².